The zero-order chi connectivity index (χ0) is 26.3. The molecule has 2 N–H and O–H groups in total. The molecular weight excluding hydrogens is 464 g/mol. The molecule has 1 aromatic carbocycles. The van der Waals surface area contributed by atoms with Crippen molar-refractivity contribution in [2.24, 2.45) is 0 Å². The van der Waals surface area contributed by atoms with Crippen LogP contribution in [0.5, 0.6) is 0 Å². The monoisotopic (exact) mass is 502 g/mol. The van der Waals surface area contributed by atoms with E-state index in [-0.39, 0.29) is 12.5 Å². The van der Waals surface area contributed by atoms with Gasteiger partial charge in [0.2, 0.25) is 5.91 Å². The molecule has 0 unspecified atom stereocenters. The van der Waals surface area contributed by atoms with Crippen LogP contribution in [-0.2, 0) is 4.79 Å². The van der Waals surface area contributed by atoms with E-state index in [0.29, 0.717) is 24.9 Å². The number of hydrogen-bond acceptors (Lipinski definition) is 5. The molecule has 5 rings (SSSR count). The minimum absolute atomic E-state index is 0.000258. The van der Waals surface area contributed by atoms with Gasteiger partial charge in [-0.1, -0.05) is 19.9 Å². The average Bonchev–Trinajstić information content (AvgIpc) is 3.51. The van der Waals surface area contributed by atoms with Crippen molar-refractivity contribution in [2.45, 2.75) is 52.4 Å². The summed E-state index contributed by atoms with van der Waals surface area (Å²) in [5, 5.41) is 14.8. The van der Waals surface area contributed by atoms with Gasteiger partial charge in [-0.25, -0.2) is 9.50 Å². The maximum absolute atomic E-state index is 12.4. The van der Waals surface area contributed by atoms with Crippen molar-refractivity contribution in [1.82, 2.24) is 29.4 Å². The van der Waals surface area contributed by atoms with Gasteiger partial charge in [0.1, 0.15) is 6.33 Å². The summed E-state index contributed by atoms with van der Waals surface area (Å²) in [5.74, 6) is 0.915. The van der Waals surface area contributed by atoms with E-state index in [4.69, 9.17) is 5.11 Å². The number of aromatic nitrogens is 4. The van der Waals surface area contributed by atoms with Gasteiger partial charge in [0.25, 0.3) is 0 Å². The van der Waals surface area contributed by atoms with Gasteiger partial charge in [-0.2, -0.15) is 5.10 Å². The largest absolute Gasteiger partial charge is 0.395 e. The van der Waals surface area contributed by atoms with Crippen LogP contribution in [-0.4, -0.2) is 80.2 Å². The molecule has 1 fully saturated rings. The van der Waals surface area contributed by atoms with Gasteiger partial charge in [-0.3, -0.25) is 9.69 Å². The quantitative estimate of drug-likeness (QED) is 0.394. The lowest BCUT2D eigenvalue weighted by atomic mass is 9.87. The number of aryl methyl sites for hydroxylation is 1. The highest BCUT2D eigenvalue weighted by Crippen LogP contribution is 2.39. The molecule has 4 aromatic rings. The lowest BCUT2D eigenvalue weighted by Crippen LogP contribution is -2.42. The zero-order valence-electron chi connectivity index (χ0n) is 22.6. The van der Waals surface area contributed by atoms with Crippen LogP contribution < -0.4 is 0 Å². The summed E-state index contributed by atoms with van der Waals surface area (Å²) < 4.78 is 1.87. The molecule has 0 atom stereocenters. The summed E-state index contributed by atoms with van der Waals surface area (Å²) in [6.07, 6.45) is 5.79. The molecule has 4 heterocycles. The number of nitrogens with one attached hydrogen (secondary N) is 1. The number of fused-ring (bicyclic) bond motifs is 2. The van der Waals surface area contributed by atoms with Crippen molar-refractivity contribution in [1.29, 1.82) is 0 Å². The third-order valence-corrected chi connectivity index (χ3v) is 8.11. The van der Waals surface area contributed by atoms with E-state index in [1.54, 1.807) is 18.3 Å². The number of rotatable bonds is 7. The highest BCUT2D eigenvalue weighted by atomic mass is 16.3. The second kappa shape index (κ2) is 10.3. The van der Waals surface area contributed by atoms with Crippen LogP contribution in [0.3, 0.4) is 0 Å². The van der Waals surface area contributed by atoms with Gasteiger partial charge in [-0.15, -0.1) is 0 Å². The molecule has 0 aliphatic carbocycles. The summed E-state index contributed by atoms with van der Waals surface area (Å²) in [6.45, 7) is 11.4. The topological polar surface area (TPSA) is 89.8 Å². The van der Waals surface area contributed by atoms with Gasteiger partial charge in [0.15, 0.2) is 5.65 Å². The number of amides is 1. The Morgan fingerprint density at radius 3 is 2.68 bits per heavy atom. The third kappa shape index (κ3) is 4.76. The molecule has 1 amide bonds. The molecule has 0 saturated carbocycles. The number of carbonyl (C=O) groups excluding carboxylic acids is 1. The number of pyridine rings is 1. The minimum Gasteiger partial charge on any atom is -0.395 e. The van der Waals surface area contributed by atoms with E-state index in [9.17, 15) is 4.79 Å². The molecule has 0 radical (unpaired) electrons. The molecule has 37 heavy (non-hydrogen) atoms. The second-order valence-corrected chi connectivity index (χ2v) is 10.8. The number of aliphatic hydroxyl groups is 1. The highest BCUT2D eigenvalue weighted by molar-refractivity contribution is 5.92. The first-order chi connectivity index (χ1) is 17.8. The Bertz CT molecular complexity index is 1430. The average molecular weight is 503 g/mol. The molecule has 8 nitrogen and oxygen atoms in total. The number of carbonyl (C=O) groups is 1. The van der Waals surface area contributed by atoms with Crippen molar-refractivity contribution in [3.8, 4) is 11.3 Å². The molecule has 1 aliphatic heterocycles. The van der Waals surface area contributed by atoms with Gasteiger partial charge < -0.3 is 15.0 Å². The lowest BCUT2D eigenvalue weighted by molar-refractivity contribution is -0.131. The molecule has 8 heteroatoms. The number of aromatic amines is 1. The fourth-order valence-corrected chi connectivity index (χ4v) is 5.76. The van der Waals surface area contributed by atoms with Crippen LogP contribution in [0.2, 0.25) is 0 Å². The predicted octanol–water partition coefficient (Wildman–Crippen LogP) is 4.25. The third-order valence-electron chi connectivity index (χ3n) is 8.11. The van der Waals surface area contributed by atoms with E-state index in [2.05, 4.69) is 72.1 Å². The van der Waals surface area contributed by atoms with E-state index in [0.717, 1.165) is 42.7 Å². The van der Waals surface area contributed by atoms with Crippen LogP contribution in [0.25, 0.3) is 27.8 Å². The van der Waals surface area contributed by atoms with E-state index < -0.39 is 0 Å². The van der Waals surface area contributed by atoms with Crippen LogP contribution >= 0.6 is 0 Å². The number of hydrogen-bond donors (Lipinski definition) is 2. The van der Waals surface area contributed by atoms with E-state index in [1.807, 2.05) is 4.52 Å². The Labute approximate surface area is 218 Å². The lowest BCUT2D eigenvalue weighted by Gasteiger charge is -2.32. The number of aliphatic hydroxyl groups excluding tert-OH is 1. The van der Waals surface area contributed by atoms with Crippen molar-refractivity contribution < 1.29 is 9.90 Å². The van der Waals surface area contributed by atoms with E-state index in [1.165, 1.54) is 33.3 Å². The van der Waals surface area contributed by atoms with Gasteiger partial charge >= 0.3 is 0 Å². The van der Waals surface area contributed by atoms with E-state index >= 15 is 0 Å². The first-order valence-corrected chi connectivity index (χ1v) is 13.3. The Hall–Kier alpha value is -3.23. The van der Waals surface area contributed by atoms with Gasteiger partial charge in [-0.05, 0) is 86.0 Å². The maximum atomic E-state index is 12.4. The SMILES string of the molecule is Cc1c(-c2[nH]c3ccc(C4CCN(CC(=O)N(C)CCO)CC4)cc3c2C(C)C)cn2ncnc2c1C. The maximum Gasteiger partial charge on any atom is 0.236 e. The molecule has 196 valence electrons. The highest BCUT2D eigenvalue weighted by Gasteiger charge is 2.25. The number of likely N-dealkylation sites (tertiary alicyclic amines) is 1. The van der Waals surface area contributed by atoms with Crippen LogP contribution in [0.15, 0.2) is 30.7 Å². The number of piperidine rings is 1. The van der Waals surface area contributed by atoms with Crippen LogP contribution in [0.4, 0.5) is 0 Å². The molecular formula is C29H38N6O2. The molecule has 1 saturated heterocycles. The normalized spacial score (nSPS) is 15.3. The standard InChI is InChI=1S/C29H38N6O2/c1-18(2)27-23-14-22(21-8-10-34(11-9-21)16-26(37)33(5)12-13-36)6-7-25(23)32-28(27)24-15-35-29(30-17-31-35)20(4)19(24)3/h6-7,14-15,17-18,21,32,36H,8-13,16H2,1-5H3. The summed E-state index contributed by atoms with van der Waals surface area (Å²) >= 11 is 0. The summed E-state index contributed by atoms with van der Waals surface area (Å²) in [4.78, 5) is 24.4. The van der Waals surface area contributed by atoms with Crippen molar-refractivity contribution in [2.75, 3.05) is 39.8 Å². The number of H-pyrrole nitrogens is 1. The molecule has 0 spiro atoms. The summed E-state index contributed by atoms with van der Waals surface area (Å²) in [5.41, 5.74) is 9.49. The first-order valence-electron chi connectivity index (χ1n) is 13.3. The van der Waals surface area contributed by atoms with Crippen LogP contribution in [0, 0.1) is 13.8 Å². The van der Waals surface area contributed by atoms with Crippen molar-refractivity contribution in [3.63, 3.8) is 0 Å². The Morgan fingerprint density at radius 2 is 1.97 bits per heavy atom. The first kappa shape index (κ1) is 25.4. The fraction of sp³-hybridized carbons (Fsp3) is 0.483. The summed E-state index contributed by atoms with van der Waals surface area (Å²) in [6, 6.07) is 6.89. The minimum atomic E-state index is 0.000258. The second-order valence-electron chi connectivity index (χ2n) is 10.8. The number of nitrogens with zero attached hydrogens (tertiary/aromatic N) is 5. The number of benzene rings is 1. The Kier molecular flexibility index (Phi) is 7.05. The van der Waals surface area contributed by atoms with Gasteiger partial charge in [0.05, 0.1) is 18.8 Å². The van der Waals surface area contributed by atoms with Crippen LogP contribution in [0.1, 0.15) is 60.8 Å². The van der Waals surface area contributed by atoms with Crippen molar-refractivity contribution in [3.05, 3.63) is 53.0 Å². The number of likely N-dealkylation sites (N-methyl/N-ethyl adjacent to an activating group) is 1. The molecule has 1 aliphatic rings. The zero-order valence-corrected chi connectivity index (χ0v) is 22.6. The molecule has 3 aromatic heterocycles. The smallest absolute Gasteiger partial charge is 0.236 e. The Balaban J connectivity index is 1.42. The van der Waals surface area contributed by atoms with Gasteiger partial charge in [0, 0.05) is 36.3 Å². The fourth-order valence-electron chi connectivity index (χ4n) is 5.76. The molecule has 0 bridgehead atoms. The Morgan fingerprint density at radius 1 is 1.22 bits per heavy atom. The predicted molar refractivity (Wildman–Crippen MR) is 147 cm³/mol. The van der Waals surface area contributed by atoms with Crippen molar-refractivity contribution >= 4 is 22.5 Å². The summed E-state index contributed by atoms with van der Waals surface area (Å²) in [7, 11) is 1.75.